The molecule has 0 bridgehead atoms. The number of carbonyl (C=O) groups is 2. The zero-order valence-electron chi connectivity index (χ0n) is 12.8. The predicted octanol–water partition coefficient (Wildman–Crippen LogP) is 3.06. The number of hydrogen-bond acceptors (Lipinski definition) is 2. The molecule has 0 aliphatic carbocycles. The Kier molecular flexibility index (Phi) is 3.28. The Labute approximate surface area is 144 Å². The molecule has 118 valence electrons. The molecule has 2 aromatic carbocycles. The van der Waals surface area contributed by atoms with E-state index in [1.54, 1.807) is 19.2 Å². The van der Waals surface area contributed by atoms with Gasteiger partial charge in [-0.05, 0) is 23.3 Å². The van der Waals surface area contributed by atoms with E-state index >= 15 is 0 Å². The summed E-state index contributed by atoms with van der Waals surface area (Å²) in [7, 11) is 1.68. The van der Waals surface area contributed by atoms with Crippen LogP contribution in [-0.2, 0) is 9.59 Å². The van der Waals surface area contributed by atoms with E-state index in [1.807, 2.05) is 42.5 Å². The highest BCUT2D eigenvalue weighted by molar-refractivity contribution is 6.31. The molecule has 4 nitrogen and oxygen atoms in total. The minimum atomic E-state index is -0.258. The number of nitrogens with zero attached hydrogens (tertiary/aromatic N) is 1. The minimum Gasteiger partial charge on any atom is -0.321 e. The molecule has 0 spiro atoms. The van der Waals surface area contributed by atoms with Crippen molar-refractivity contribution in [2.24, 2.45) is 0 Å². The highest BCUT2D eigenvalue weighted by Gasteiger charge is 2.43. The van der Waals surface area contributed by atoms with Crippen LogP contribution in [0.3, 0.4) is 0 Å². The van der Waals surface area contributed by atoms with Crippen molar-refractivity contribution in [1.29, 1.82) is 0 Å². The summed E-state index contributed by atoms with van der Waals surface area (Å²) in [6, 6.07) is 16.5. The lowest BCUT2D eigenvalue weighted by Gasteiger charge is -2.16. The molecule has 0 radical (unpaired) electrons. The number of rotatable bonds is 2. The van der Waals surface area contributed by atoms with Gasteiger partial charge >= 0.3 is 0 Å². The Morgan fingerprint density at radius 2 is 1.54 bits per heavy atom. The molecule has 0 atom stereocenters. The number of halogens is 1. The third-order valence-electron chi connectivity index (χ3n) is 4.24. The summed E-state index contributed by atoms with van der Waals surface area (Å²) < 4.78 is 0. The summed E-state index contributed by atoms with van der Waals surface area (Å²) in [5.41, 5.74) is 3.62. The molecule has 2 aliphatic heterocycles. The van der Waals surface area contributed by atoms with Gasteiger partial charge in [-0.25, -0.2) is 0 Å². The van der Waals surface area contributed by atoms with E-state index in [1.165, 1.54) is 4.90 Å². The van der Waals surface area contributed by atoms with Gasteiger partial charge in [0.2, 0.25) is 0 Å². The molecule has 0 unspecified atom stereocenters. The number of amides is 2. The molecule has 0 saturated heterocycles. The van der Waals surface area contributed by atoms with Crippen molar-refractivity contribution in [2.45, 2.75) is 0 Å². The maximum Gasteiger partial charge on any atom is 0.261 e. The first kappa shape index (κ1) is 14.7. The number of benzene rings is 2. The van der Waals surface area contributed by atoms with Crippen LogP contribution in [-0.4, -0.2) is 23.8 Å². The maximum atomic E-state index is 12.8. The van der Waals surface area contributed by atoms with Crippen LogP contribution in [0.25, 0.3) is 11.4 Å². The number of likely N-dealkylation sites (N-methyl/N-ethyl adjacent to an activating group) is 1. The third kappa shape index (κ3) is 2.07. The summed E-state index contributed by atoms with van der Waals surface area (Å²) in [5.74, 6) is -0.446. The van der Waals surface area contributed by atoms with Gasteiger partial charge in [-0.1, -0.05) is 54.1 Å². The van der Waals surface area contributed by atoms with Crippen LogP contribution in [0.15, 0.2) is 65.7 Å². The molecule has 0 fully saturated rings. The largest absolute Gasteiger partial charge is 0.321 e. The van der Waals surface area contributed by atoms with Gasteiger partial charge in [0.15, 0.2) is 0 Å². The Morgan fingerprint density at radius 1 is 0.875 bits per heavy atom. The topological polar surface area (TPSA) is 49.4 Å². The van der Waals surface area contributed by atoms with Gasteiger partial charge in [0, 0.05) is 12.1 Å². The van der Waals surface area contributed by atoms with Crippen molar-refractivity contribution < 1.29 is 9.59 Å². The average Bonchev–Trinajstić information content (AvgIpc) is 3.06. The van der Waals surface area contributed by atoms with E-state index in [4.69, 9.17) is 11.6 Å². The Balaban J connectivity index is 1.95. The van der Waals surface area contributed by atoms with Crippen molar-refractivity contribution >= 4 is 34.8 Å². The summed E-state index contributed by atoms with van der Waals surface area (Å²) in [4.78, 5) is 26.9. The third-order valence-corrected chi connectivity index (χ3v) is 4.49. The molecule has 2 amide bonds. The number of nitrogens with one attached hydrogen (secondary N) is 1. The predicted molar refractivity (Wildman–Crippen MR) is 92.6 cm³/mol. The van der Waals surface area contributed by atoms with Crippen LogP contribution >= 0.6 is 11.6 Å². The minimum absolute atomic E-state index is 0.188. The lowest BCUT2D eigenvalue weighted by atomic mass is 10.0. The fourth-order valence-corrected chi connectivity index (χ4v) is 3.25. The first-order valence-electron chi connectivity index (χ1n) is 7.47. The van der Waals surface area contributed by atoms with Gasteiger partial charge in [0.05, 0.1) is 22.5 Å². The second kappa shape index (κ2) is 5.35. The van der Waals surface area contributed by atoms with Crippen LogP contribution in [0.1, 0.15) is 11.1 Å². The Morgan fingerprint density at radius 3 is 2.21 bits per heavy atom. The summed E-state index contributed by atoms with van der Waals surface area (Å²) in [6.45, 7) is 0. The van der Waals surface area contributed by atoms with Crippen molar-refractivity contribution in [1.82, 2.24) is 10.2 Å². The van der Waals surface area contributed by atoms with Crippen LogP contribution in [0.5, 0.6) is 0 Å². The monoisotopic (exact) mass is 336 g/mol. The first-order valence-corrected chi connectivity index (χ1v) is 7.85. The average molecular weight is 337 g/mol. The van der Waals surface area contributed by atoms with Crippen LogP contribution in [0, 0.1) is 0 Å². The summed E-state index contributed by atoms with van der Waals surface area (Å²) in [6.07, 6.45) is 0. The molecule has 0 saturated carbocycles. The SMILES string of the molecule is CN1C(=O)C2=C(c3ccccc3)NC(=O)C2=C1c1ccc(Cl)cc1. The van der Waals surface area contributed by atoms with Crippen LogP contribution in [0.4, 0.5) is 0 Å². The molecular formula is C19H13ClN2O2. The molecule has 24 heavy (non-hydrogen) atoms. The van der Waals surface area contributed by atoms with E-state index in [0.29, 0.717) is 27.6 Å². The van der Waals surface area contributed by atoms with Crippen molar-refractivity contribution in [3.05, 3.63) is 81.9 Å². The van der Waals surface area contributed by atoms with E-state index in [-0.39, 0.29) is 11.8 Å². The summed E-state index contributed by atoms with van der Waals surface area (Å²) in [5, 5.41) is 3.45. The van der Waals surface area contributed by atoms with Gasteiger partial charge in [0.25, 0.3) is 11.8 Å². The maximum absolute atomic E-state index is 12.8. The molecule has 2 heterocycles. The number of carbonyl (C=O) groups excluding carboxylic acids is 2. The van der Waals surface area contributed by atoms with E-state index < -0.39 is 0 Å². The standard InChI is InChI=1S/C19H13ClN2O2/c1-22-17(12-7-9-13(20)10-8-12)15-14(19(22)24)16(21-18(15)23)11-5-3-2-4-6-11/h2-10H,1H3,(H,21,23). The van der Waals surface area contributed by atoms with E-state index in [0.717, 1.165) is 11.1 Å². The smallest absolute Gasteiger partial charge is 0.261 e. The number of hydrogen-bond donors (Lipinski definition) is 1. The van der Waals surface area contributed by atoms with Gasteiger partial charge < -0.3 is 10.2 Å². The molecule has 5 heteroatoms. The molecular weight excluding hydrogens is 324 g/mol. The Bertz CT molecular complexity index is 928. The second-order valence-electron chi connectivity index (χ2n) is 5.66. The zero-order chi connectivity index (χ0) is 16.8. The normalized spacial score (nSPS) is 16.8. The number of fused-ring (bicyclic) bond motifs is 1. The van der Waals surface area contributed by atoms with Crippen LogP contribution < -0.4 is 5.32 Å². The van der Waals surface area contributed by atoms with Crippen molar-refractivity contribution in [3.8, 4) is 0 Å². The fraction of sp³-hybridized carbons (Fsp3) is 0.0526. The molecule has 1 N–H and O–H groups in total. The molecule has 2 aromatic rings. The van der Waals surface area contributed by atoms with Crippen molar-refractivity contribution in [2.75, 3.05) is 7.05 Å². The van der Waals surface area contributed by atoms with Gasteiger partial charge in [0.1, 0.15) is 0 Å². The quantitative estimate of drug-likeness (QED) is 0.916. The second-order valence-corrected chi connectivity index (χ2v) is 6.10. The molecule has 4 rings (SSSR count). The lowest BCUT2D eigenvalue weighted by Crippen LogP contribution is -2.23. The van der Waals surface area contributed by atoms with Gasteiger partial charge in [-0.3, -0.25) is 9.59 Å². The first-order chi connectivity index (χ1) is 11.6. The van der Waals surface area contributed by atoms with Gasteiger partial charge in [-0.15, -0.1) is 0 Å². The van der Waals surface area contributed by atoms with Crippen molar-refractivity contribution in [3.63, 3.8) is 0 Å². The van der Waals surface area contributed by atoms with E-state index in [2.05, 4.69) is 5.32 Å². The fourth-order valence-electron chi connectivity index (χ4n) is 3.12. The summed E-state index contributed by atoms with van der Waals surface area (Å²) >= 11 is 5.94. The van der Waals surface area contributed by atoms with Gasteiger partial charge in [-0.2, -0.15) is 0 Å². The highest BCUT2D eigenvalue weighted by atomic mass is 35.5. The van der Waals surface area contributed by atoms with Crippen LogP contribution in [0.2, 0.25) is 5.02 Å². The lowest BCUT2D eigenvalue weighted by molar-refractivity contribution is -0.122. The molecule has 2 aliphatic rings. The Hall–Kier alpha value is -2.85. The van der Waals surface area contributed by atoms with E-state index in [9.17, 15) is 9.59 Å². The zero-order valence-corrected chi connectivity index (χ0v) is 13.6. The highest BCUT2D eigenvalue weighted by Crippen LogP contribution is 2.41. The molecule has 0 aromatic heterocycles.